The van der Waals surface area contributed by atoms with E-state index in [1.54, 1.807) is 24.0 Å². The molecule has 0 aliphatic rings. The number of hydrogen-bond donors (Lipinski definition) is 1. The van der Waals surface area contributed by atoms with Crippen LogP contribution in [0.5, 0.6) is 0 Å². The van der Waals surface area contributed by atoms with Crippen molar-refractivity contribution >= 4 is 35.2 Å². The summed E-state index contributed by atoms with van der Waals surface area (Å²) in [5.41, 5.74) is 2.14. The van der Waals surface area contributed by atoms with Crippen LogP contribution in [0.4, 0.5) is 0 Å². The van der Waals surface area contributed by atoms with E-state index in [0.717, 1.165) is 16.0 Å². The lowest BCUT2D eigenvalue weighted by Crippen LogP contribution is -2.48. The summed E-state index contributed by atoms with van der Waals surface area (Å²) >= 11 is 7.35. The number of nitrogens with one attached hydrogen (secondary N) is 1. The Kier molecular flexibility index (Phi) is 8.20. The van der Waals surface area contributed by atoms with Crippen molar-refractivity contribution < 1.29 is 9.59 Å². The number of amides is 2. The zero-order chi connectivity index (χ0) is 19.8. The molecule has 2 aromatic rings. The van der Waals surface area contributed by atoms with Gasteiger partial charge in [-0.2, -0.15) is 0 Å². The van der Waals surface area contributed by atoms with Gasteiger partial charge in [0.15, 0.2) is 0 Å². The van der Waals surface area contributed by atoms with Crippen molar-refractivity contribution in [2.24, 2.45) is 0 Å². The lowest BCUT2D eigenvalue weighted by molar-refractivity contribution is -0.138. The molecule has 0 heterocycles. The summed E-state index contributed by atoms with van der Waals surface area (Å²) in [6.07, 6.45) is 0. The maximum absolute atomic E-state index is 12.9. The summed E-state index contributed by atoms with van der Waals surface area (Å²) < 4.78 is 0. The number of nitrogens with zero attached hydrogens (tertiary/aromatic N) is 1. The molecule has 0 spiro atoms. The Balaban J connectivity index is 2.12. The van der Waals surface area contributed by atoms with Crippen LogP contribution in [0.15, 0.2) is 53.4 Å². The minimum atomic E-state index is -0.538. The maximum atomic E-state index is 12.9. The smallest absolute Gasteiger partial charge is 0.242 e. The predicted octanol–water partition coefficient (Wildman–Crippen LogP) is 4.29. The van der Waals surface area contributed by atoms with Crippen molar-refractivity contribution in [1.82, 2.24) is 10.2 Å². The Labute approximate surface area is 170 Å². The predicted molar refractivity (Wildman–Crippen MR) is 112 cm³/mol. The van der Waals surface area contributed by atoms with Gasteiger partial charge in [-0.25, -0.2) is 0 Å². The number of rotatable bonds is 8. The molecule has 144 valence electrons. The van der Waals surface area contributed by atoms with E-state index in [-0.39, 0.29) is 17.6 Å². The molecule has 0 saturated heterocycles. The molecule has 1 atom stereocenters. The Morgan fingerprint density at radius 1 is 1.19 bits per heavy atom. The third-order valence-corrected chi connectivity index (χ3v) is 5.38. The molecule has 0 radical (unpaired) electrons. The van der Waals surface area contributed by atoms with Crippen LogP contribution in [0.1, 0.15) is 25.0 Å². The van der Waals surface area contributed by atoms with Gasteiger partial charge in [0.25, 0.3) is 0 Å². The van der Waals surface area contributed by atoms with Gasteiger partial charge in [-0.15, -0.1) is 11.8 Å². The topological polar surface area (TPSA) is 49.4 Å². The molecule has 1 unspecified atom stereocenters. The summed E-state index contributed by atoms with van der Waals surface area (Å²) in [7, 11) is 0. The maximum Gasteiger partial charge on any atom is 0.242 e. The second kappa shape index (κ2) is 10.4. The molecular weight excluding hydrogens is 380 g/mol. The molecule has 4 nitrogen and oxygen atoms in total. The molecule has 0 fully saturated rings. The lowest BCUT2D eigenvalue weighted by atomic mass is 10.1. The second-order valence-electron chi connectivity index (χ2n) is 6.32. The summed E-state index contributed by atoms with van der Waals surface area (Å²) in [5.74, 6) is 0.0437. The third-order valence-electron chi connectivity index (χ3n) is 4.13. The molecule has 27 heavy (non-hydrogen) atoms. The highest BCUT2D eigenvalue weighted by Gasteiger charge is 2.25. The van der Waals surface area contributed by atoms with E-state index in [1.807, 2.05) is 50.2 Å². The van der Waals surface area contributed by atoms with E-state index >= 15 is 0 Å². The molecule has 1 N–H and O–H groups in total. The fourth-order valence-corrected chi connectivity index (χ4v) is 3.58. The summed E-state index contributed by atoms with van der Waals surface area (Å²) in [5, 5.41) is 3.47. The van der Waals surface area contributed by atoms with Crippen LogP contribution in [-0.2, 0) is 16.1 Å². The monoisotopic (exact) mass is 404 g/mol. The Morgan fingerprint density at radius 3 is 2.52 bits per heavy atom. The number of carbonyl (C=O) groups is 2. The number of carbonyl (C=O) groups excluding carboxylic acids is 2. The first-order chi connectivity index (χ1) is 12.9. The van der Waals surface area contributed by atoms with Crippen LogP contribution in [0.25, 0.3) is 0 Å². The quantitative estimate of drug-likeness (QED) is 0.667. The standard InChI is InChI=1S/C21H25ClN2O2S/c1-4-23-21(26)16(3)24(13-17-7-5-6-15(2)12-17)20(25)14-27-19-10-8-18(22)9-11-19/h5-12,16H,4,13-14H2,1-3H3,(H,23,26). The van der Waals surface area contributed by atoms with Gasteiger partial charge in [0.1, 0.15) is 6.04 Å². The highest BCUT2D eigenvalue weighted by Crippen LogP contribution is 2.22. The summed E-state index contributed by atoms with van der Waals surface area (Å²) in [4.78, 5) is 27.9. The van der Waals surface area contributed by atoms with Crippen LogP contribution in [0.3, 0.4) is 0 Å². The van der Waals surface area contributed by atoms with Gasteiger partial charge < -0.3 is 10.2 Å². The zero-order valence-corrected chi connectivity index (χ0v) is 17.4. The van der Waals surface area contributed by atoms with Crippen LogP contribution in [0, 0.1) is 6.92 Å². The van der Waals surface area contributed by atoms with Gasteiger partial charge in [-0.3, -0.25) is 9.59 Å². The molecule has 0 aliphatic heterocycles. The van der Waals surface area contributed by atoms with E-state index in [2.05, 4.69) is 5.32 Å². The molecule has 2 amide bonds. The molecule has 2 rings (SSSR count). The average molecular weight is 405 g/mol. The van der Waals surface area contributed by atoms with Crippen LogP contribution in [-0.4, -0.2) is 35.1 Å². The number of benzene rings is 2. The summed E-state index contributed by atoms with van der Waals surface area (Å²) in [6.45, 7) is 6.59. The largest absolute Gasteiger partial charge is 0.355 e. The van der Waals surface area contributed by atoms with E-state index in [0.29, 0.717) is 18.1 Å². The van der Waals surface area contributed by atoms with E-state index in [4.69, 9.17) is 11.6 Å². The number of likely N-dealkylation sites (N-methyl/N-ethyl adjacent to an activating group) is 1. The van der Waals surface area contributed by atoms with Gasteiger partial charge in [-0.05, 0) is 50.6 Å². The molecular formula is C21H25ClN2O2S. The van der Waals surface area contributed by atoms with Crippen molar-refractivity contribution in [3.63, 3.8) is 0 Å². The first-order valence-corrected chi connectivity index (χ1v) is 10.3. The molecule has 6 heteroatoms. The van der Waals surface area contributed by atoms with Crippen LogP contribution in [0.2, 0.25) is 5.02 Å². The number of aryl methyl sites for hydroxylation is 1. The van der Waals surface area contributed by atoms with Crippen LogP contribution < -0.4 is 5.32 Å². The van der Waals surface area contributed by atoms with E-state index in [9.17, 15) is 9.59 Å². The first-order valence-electron chi connectivity index (χ1n) is 8.91. The van der Waals surface area contributed by atoms with Gasteiger partial charge in [0.2, 0.25) is 11.8 Å². The Morgan fingerprint density at radius 2 is 1.89 bits per heavy atom. The number of hydrogen-bond acceptors (Lipinski definition) is 3. The molecule has 0 aromatic heterocycles. The number of thioether (sulfide) groups is 1. The Bertz CT molecular complexity index is 780. The minimum Gasteiger partial charge on any atom is -0.355 e. The summed E-state index contributed by atoms with van der Waals surface area (Å²) in [6, 6.07) is 14.8. The van der Waals surface area contributed by atoms with Gasteiger partial charge in [0.05, 0.1) is 5.75 Å². The van der Waals surface area contributed by atoms with E-state index < -0.39 is 6.04 Å². The normalized spacial score (nSPS) is 11.7. The first kappa shape index (κ1) is 21.3. The van der Waals surface area contributed by atoms with Crippen LogP contribution >= 0.6 is 23.4 Å². The zero-order valence-electron chi connectivity index (χ0n) is 15.9. The average Bonchev–Trinajstić information content (AvgIpc) is 2.65. The highest BCUT2D eigenvalue weighted by molar-refractivity contribution is 8.00. The Hall–Kier alpha value is -1.98. The lowest BCUT2D eigenvalue weighted by Gasteiger charge is -2.28. The highest BCUT2D eigenvalue weighted by atomic mass is 35.5. The van der Waals surface area contributed by atoms with Crippen molar-refractivity contribution in [1.29, 1.82) is 0 Å². The van der Waals surface area contributed by atoms with Gasteiger partial charge in [0, 0.05) is 23.0 Å². The fraction of sp³-hybridized carbons (Fsp3) is 0.333. The van der Waals surface area contributed by atoms with E-state index in [1.165, 1.54) is 11.8 Å². The molecule has 0 aliphatic carbocycles. The third kappa shape index (κ3) is 6.60. The molecule has 2 aromatic carbocycles. The van der Waals surface area contributed by atoms with Gasteiger partial charge >= 0.3 is 0 Å². The SMILES string of the molecule is CCNC(=O)C(C)N(Cc1cccc(C)c1)C(=O)CSc1ccc(Cl)cc1. The minimum absolute atomic E-state index is 0.0739. The number of halogens is 1. The van der Waals surface area contributed by atoms with Crippen molar-refractivity contribution in [3.05, 3.63) is 64.7 Å². The fourth-order valence-electron chi connectivity index (χ4n) is 2.67. The molecule has 0 bridgehead atoms. The van der Waals surface area contributed by atoms with Gasteiger partial charge in [-0.1, -0.05) is 41.4 Å². The molecule has 0 saturated carbocycles. The van der Waals surface area contributed by atoms with Crippen molar-refractivity contribution in [3.8, 4) is 0 Å². The van der Waals surface area contributed by atoms with Crippen molar-refractivity contribution in [2.45, 2.75) is 38.3 Å². The van der Waals surface area contributed by atoms with Crippen molar-refractivity contribution in [2.75, 3.05) is 12.3 Å². The second-order valence-corrected chi connectivity index (χ2v) is 7.81.